The molecule has 0 bridgehead atoms. The number of nitrogens with zero attached hydrogens (tertiary/aromatic N) is 2. The fraction of sp³-hybridized carbons (Fsp3) is 0. The molecule has 0 saturated heterocycles. The van der Waals surface area contributed by atoms with E-state index in [-0.39, 0.29) is 0 Å². The van der Waals surface area contributed by atoms with E-state index in [9.17, 15) is 0 Å². The number of hydrogen-bond donors (Lipinski definition) is 1. The fourth-order valence-electron chi connectivity index (χ4n) is 1.85. The monoisotopic (exact) mass is 247 g/mol. The van der Waals surface area contributed by atoms with Gasteiger partial charge in [0.05, 0.1) is 5.69 Å². The van der Waals surface area contributed by atoms with Crippen molar-refractivity contribution < 1.29 is 0 Å². The smallest absolute Gasteiger partial charge is 0.152 e. The molecule has 0 radical (unpaired) electrons. The molecule has 0 atom stereocenters. The molecule has 0 spiro atoms. The van der Waals surface area contributed by atoms with Gasteiger partial charge in [-0.1, -0.05) is 42.5 Å². The number of nitrogens with one attached hydrogen (secondary N) is 1. The van der Waals surface area contributed by atoms with Crippen LogP contribution in [0.5, 0.6) is 0 Å². The van der Waals surface area contributed by atoms with Crippen LogP contribution in [0.3, 0.4) is 0 Å². The zero-order chi connectivity index (χ0) is 12.9. The Morgan fingerprint density at radius 1 is 0.632 bits per heavy atom. The van der Waals surface area contributed by atoms with Crippen molar-refractivity contribution in [2.45, 2.75) is 0 Å². The van der Waals surface area contributed by atoms with E-state index in [1.54, 1.807) is 0 Å². The van der Waals surface area contributed by atoms with Gasteiger partial charge in [-0.05, 0) is 35.4 Å². The van der Waals surface area contributed by atoms with Gasteiger partial charge in [0.1, 0.15) is 0 Å². The zero-order valence-electron chi connectivity index (χ0n) is 10.3. The third kappa shape index (κ3) is 2.77. The first-order chi connectivity index (χ1) is 9.42. The molecule has 92 valence electrons. The first-order valence-electron chi connectivity index (χ1n) is 6.12. The summed E-state index contributed by atoms with van der Waals surface area (Å²) in [6, 6.07) is 22.1. The van der Waals surface area contributed by atoms with E-state index in [2.05, 4.69) is 39.5 Å². The van der Waals surface area contributed by atoms with Crippen molar-refractivity contribution in [1.82, 2.24) is 4.98 Å². The second-order valence-electron chi connectivity index (χ2n) is 4.17. The fourth-order valence-corrected chi connectivity index (χ4v) is 1.85. The Hall–Kier alpha value is -2.68. The van der Waals surface area contributed by atoms with E-state index in [0.29, 0.717) is 0 Å². The van der Waals surface area contributed by atoms with Gasteiger partial charge in [0.2, 0.25) is 0 Å². The summed E-state index contributed by atoms with van der Waals surface area (Å²) in [5.74, 6) is 0.757. The normalized spacial score (nSPS) is 10.9. The highest BCUT2D eigenvalue weighted by Gasteiger charge is 1.96. The Morgan fingerprint density at radius 3 is 2.05 bits per heavy atom. The standard InChI is InChI=1S/C16H13N3/c1-2-5-13(6-3-1)14-8-10-15(11-9-14)18-19-16-7-4-12-17-16/h1-12,17H. The van der Waals surface area contributed by atoms with Crippen LogP contribution in [-0.2, 0) is 0 Å². The topological polar surface area (TPSA) is 40.5 Å². The molecule has 0 aliphatic carbocycles. The molecule has 0 aliphatic heterocycles. The van der Waals surface area contributed by atoms with Crippen molar-refractivity contribution in [3.05, 3.63) is 72.9 Å². The number of H-pyrrole nitrogens is 1. The van der Waals surface area contributed by atoms with Crippen molar-refractivity contribution in [2.24, 2.45) is 10.2 Å². The highest BCUT2D eigenvalue weighted by Crippen LogP contribution is 2.23. The molecule has 1 heterocycles. The number of benzene rings is 2. The second-order valence-corrected chi connectivity index (χ2v) is 4.17. The van der Waals surface area contributed by atoms with Gasteiger partial charge in [-0.3, -0.25) is 0 Å². The van der Waals surface area contributed by atoms with Crippen LogP contribution < -0.4 is 0 Å². The van der Waals surface area contributed by atoms with Gasteiger partial charge >= 0.3 is 0 Å². The third-order valence-corrected chi connectivity index (χ3v) is 2.83. The molecule has 3 nitrogen and oxygen atoms in total. The number of hydrogen-bond acceptors (Lipinski definition) is 2. The van der Waals surface area contributed by atoms with Gasteiger partial charge in [0, 0.05) is 6.20 Å². The van der Waals surface area contributed by atoms with Crippen LogP contribution in [0.1, 0.15) is 0 Å². The number of rotatable bonds is 3. The largest absolute Gasteiger partial charge is 0.345 e. The summed E-state index contributed by atoms with van der Waals surface area (Å²) in [5.41, 5.74) is 3.23. The van der Waals surface area contributed by atoms with Crippen LogP contribution in [-0.4, -0.2) is 4.98 Å². The maximum Gasteiger partial charge on any atom is 0.152 e. The molecular formula is C16H13N3. The summed E-state index contributed by atoms with van der Waals surface area (Å²) in [7, 11) is 0. The molecule has 0 unspecified atom stereocenters. The molecule has 0 amide bonds. The van der Waals surface area contributed by atoms with Crippen LogP contribution in [0, 0.1) is 0 Å². The van der Waals surface area contributed by atoms with Gasteiger partial charge in [-0.15, -0.1) is 10.2 Å². The first kappa shape index (κ1) is 11.4. The quantitative estimate of drug-likeness (QED) is 0.626. The summed E-state index contributed by atoms with van der Waals surface area (Å²) in [4.78, 5) is 2.98. The average molecular weight is 247 g/mol. The average Bonchev–Trinajstić information content (AvgIpc) is 3.00. The highest BCUT2D eigenvalue weighted by molar-refractivity contribution is 5.65. The van der Waals surface area contributed by atoms with Gasteiger partial charge in [-0.25, -0.2) is 0 Å². The van der Waals surface area contributed by atoms with Gasteiger partial charge < -0.3 is 4.98 Å². The third-order valence-electron chi connectivity index (χ3n) is 2.83. The minimum atomic E-state index is 0.757. The molecule has 0 aliphatic rings. The van der Waals surface area contributed by atoms with Crippen molar-refractivity contribution >= 4 is 11.5 Å². The minimum Gasteiger partial charge on any atom is -0.345 e. The van der Waals surface area contributed by atoms with E-state index in [1.165, 1.54) is 11.1 Å². The molecule has 19 heavy (non-hydrogen) atoms. The van der Waals surface area contributed by atoms with Crippen molar-refractivity contribution in [1.29, 1.82) is 0 Å². The molecule has 3 heteroatoms. The molecule has 2 aromatic carbocycles. The number of aromatic amines is 1. The molecule has 1 N–H and O–H groups in total. The van der Waals surface area contributed by atoms with Crippen molar-refractivity contribution in [2.75, 3.05) is 0 Å². The Balaban J connectivity index is 1.80. The molecule has 0 fully saturated rings. The van der Waals surface area contributed by atoms with Crippen LogP contribution in [0.25, 0.3) is 11.1 Å². The lowest BCUT2D eigenvalue weighted by molar-refractivity contribution is 1.18. The molecular weight excluding hydrogens is 234 g/mol. The Morgan fingerprint density at radius 2 is 1.37 bits per heavy atom. The van der Waals surface area contributed by atoms with Crippen molar-refractivity contribution in [3.63, 3.8) is 0 Å². The molecule has 3 rings (SSSR count). The maximum absolute atomic E-state index is 4.18. The lowest BCUT2D eigenvalue weighted by Gasteiger charge is -2.00. The van der Waals surface area contributed by atoms with Crippen LogP contribution in [0.15, 0.2) is 83.2 Å². The van der Waals surface area contributed by atoms with E-state index < -0.39 is 0 Å². The SMILES string of the molecule is c1ccc(-c2ccc(N=Nc3ccc[nH]3)cc2)cc1. The van der Waals surface area contributed by atoms with Crippen molar-refractivity contribution in [3.8, 4) is 11.1 Å². The summed E-state index contributed by atoms with van der Waals surface area (Å²) >= 11 is 0. The molecule has 1 aromatic heterocycles. The Labute approximate surface area is 111 Å². The Kier molecular flexibility index (Phi) is 3.19. The van der Waals surface area contributed by atoms with Gasteiger partial charge in [0.25, 0.3) is 0 Å². The number of azo groups is 1. The second kappa shape index (κ2) is 5.31. The first-order valence-corrected chi connectivity index (χ1v) is 6.12. The minimum absolute atomic E-state index is 0.757. The van der Waals surface area contributed by atoms with Gasteiger partial charge in [-0.2, -0.15) is 0 Å². The lowest BCUT2D eigenvalue weighted by atomic mass is 10.1. The van der Waals surface area contributed by atoms with Gasteiger partial charge in [0.15, 0.2) is 5.82 Å². The summed E-state index contributed by atoms with van der Waals surface area (Å²) in [5, 5.41) is 8.29. The van der Waals surface area contributed by atoms with E-state index in [4.69, 9.17) is 0 Å². The van der Waals surface area contributed by atoms with E-state index in [0.717, 1.165) is 11.5 Å². The lowest BCUT2D eigenvalue weighted by Crippen LogP contribution is -1.75. The predicted octanol–water partition coefficient (Wildman–Crippen LogP) is 5.10. The highest BCUT2D eigenvalue weighted by atomic mass is 15.1. The van der Waals surface area contributed by atoms with Crippen LogP contribution in [0.4, 0.5) is 11.5 Å². The summed E-state index contributed by atoms with van der Waals surface area (Å²) in [6.45, 7) is 0. The van der Waals surface area contributed by atoms with E-state index in [1.807, 2.05) is 48.7 Å². The predicted molar refractivity (Wildman–Crippen MR) is 76.8 cm³/mol. The summed E-state index contributed by atoms with van der Waals surface area (Å²) < 4.78 is 0. The van der Waals surface area contributed by atoms with Crippen LogP contribution in [0.2, 0.25) is 0 Å². The van der Waals surface area contributed by atoms with E-state index >= 15 is 0 Å². The molecule has 3 aromatic rings. The zero-order valence-corrected chi connectivity index (χ0v) is 10.3. The number of aromatic nitrogens is 1. The maximum atomic E-state index is 4.18. The summed E-state index contributed by atoms with van der Waals surface area (Å²) in [6.07, 6.45) is 1.83. The Bertz CT molecular complexity index is 653. The molecule has 0 saturated carbocycles. The van der Waals surface area contributed by atoms with Crippen LogP contribution >= 0.6 is 0 Å².